The van der Waals surface area contributed by atoms with Gasteiger partial charge in [-0.25, -0.2) is 8.42 Å². The maximum absolute atomic E-state index is 14.4. The molecule has 0 saturated carbocycles. The highest BCUT2D eigenvalue weighted by molar-refractivity contribution is 7.92. The third kappa shape index (κ3) is 8.11. The van der Waals surface area contributed by atoms with E-state index in [1.165, 1.54) is 4.90 Å². The van der Waals surface area contributed by atoms with Crippen LogP contribution >= 0.6 is 0 Å². The van der Waals surface area contributed by atoms with Gasteiger partial charge >= 0.3 is 0 Å². The van der Waals surface area contributed by atoms with E-state index in [9.17, 15) is 18.0 Å². The number of anilines is 1. The van der Waals surface area contributed by atoms with Crippen molar-refractivity contribution in [3.8, 4) is 0 Å². The molecule has 0 aliphatic rings. The van der Waals surface area contributed by atoms with E-state index in [-0.39, 0.29) is 29.8 Å². The number of amides is 2. The van der Waals surface area contributed by atoms with Crippen molar-refractivity contribution in [2.45, 2.75) is 57.6 Å². The summed E-state index contributed by atoms with van der Waals surface area (Å²) in [5.41, 5.74) is 3.75. The lowest BCUT2D eigenvalue weighted by Crippen LogP contribution is -2.54. The summed E-state index contributed by atoms with van der Waals surface area (Å²) in [7, 11) is -4.13. The van der Waals surface area contributed by atoms with Gasteiger partial charge in [-0.15, -0.1) is 0 Å². The van der Waals surface area contributed by atoms with Gasteiger partial charge in [0.25, 0.3) is 10.0 Å². The van der Waals surface area contributed by atoms with Crippen molar-refractivity contribution in [2.24, 2.45) is 0 Å². The van der Waals surface area contributed by atoms with E-state index in [0.717, 1.165) is 21.0 Å². The Morgan fingerprint density at radius 2 is 1.30 bits per heavy atom. The predicted molar refractivity (Wildman–Crippen MR) is 171 cm³/mol. The molecule has 0 aliphatic carbocycles. The Hall–Kier alpha value is -4.43. The van der Waals surface area contributed by atoms with Crippen molar-refractivity contribution in [3.63, 3.8) is 0 Å². The minimum absolute atomic E-state index is 0.0853. The summed E-state index contributed by atoms with van der Waals surface area (Å²) in [5.74, 6) is -0.783. The molecule has 43 heavy (non-hydrogen) atoms. The number of hydrogen-bond donors (Lipinski definition) is 1. The van der Waals surface area contributed by atoms with Crippen molar-refractivity contribution in [2.75, 3.05) is 10.8 Å². The molecule has 1 atom stereocenters. The number of aryl methyl sites for hydroxylation is 2. The summed E-state index contributed by atoms with van der Waals surface area (Å²) in [6.45, 7) is 7.09. The topological polar surface area (TPSA) is 86.8 Å². The number of carbonyl (C=O) groups is 2. The van der Waals surface area contributed by atoms with Gasteiger partial charge in [0.2, 0.25) is 11.8 Å². The van der Waals surface area contributed by atoms with Crippen molar-refractivity contribution >= 4 is 27.5 Å². The van der Waals surface area contributed by atoms with Crippen LogP contribution in [0.1, 0.15) is 36.1 Å². The first kappa shape index (κ1) is 31.5. The van der Waals surface area contributed by atoms with Crippen LogP contribution in [0.2, 0.25) is 0 Å². The smallest absolute Gasteiger partial charge is 0.264 e. The van der Waals surface area contributed by atoms with Gasteiger partial charge in [-0.1, -0.05) is 96.6 Å². The molecule has 0 radical (unpaired) electrons. The van der Waals surface area contributed by atoms with Gasteiger partial charge in [0, 0.05) is 19.0 Å². The van der Waals surface area contributed by atoms with Crippen LogP contribution in [-0.4, -0.2) is 43.8 Å². The highest BCUT2D eigenvalue weighted by Crippen LogP contribution is 2.28. The van der Waals surface area contributed by atoms with Crippen LogP contribution in [0.5, 0.6) is 0 Å². The van der Waals surface area contributed by atoms with E-state index in [0.29, 0.717) is 11.3 Å². The number of nitrogens with one attached hydrogen (secondary N) is 1. The van der Waals surface area contributed by atoms with Crippen LogP contribution in [-0.2, 0) is 32.6 Å². The minimum atomic E-state index is -4.13. The molecule has 0 spiro atoms. The Morgan fingerprint density at radius 3 is 1.88 bits per heavy atom. The van der Waals surface area contributed by atoms with Crippen LogP contribution in [0, 0.1) is 13.8 Å². The van der Waals surface area contributed by atoms with Gasteiger partial charge in [-0.05, 0) is 62.6 Å². The normalized spacial score (nSPS) is 12.0. The van der Waals surface area contributed by atoms with Crippen LogP contribution in [0.15, 0.2) is 114 Å². The molecule has 0 aliphatic heterocycles. The van der Waals surface area contributed by atoms with Crippen molar-refractivity contribution in [1.82, 2.24) is 10.2 Å². The first-order valence-corrected chi connectivity index (χ1v) is 15.8. The molecule has 0 heterocycles. The number of rotatable bonds is 12. The molecule has 4 aromatic rings. The van der Waals surface area contributed by atoms with Crippen LogP contribution in [0.4, 0.5) is 5.69 Å². The molecule has 1 N–H and O–H groups in total. The lowest BCUT2D eigenvalue weighted by atomic mass is 10.0. The minimum Gasteiger partial charge on any atom is -0.352 e. The Kier molecular flexibility index (Phi) is 10.4. The molecule has 4 aromatic carbocycles. The number of carbonyl (C=O) groups excluding carboxylic acids is 2. The van der Waals surface area contributed by atoms with E-state index in [2.05, 4.69) is 5.32 Å². The van der Waals surface area contributed by atoms with E-state index < -0.39 is 28.5 Å². The predicted octanol–water partition coefficient (Wildman–Crippen LogP) is 5.66. The summed E-state index contributed by atoms with van der Waals surface area (Å²) >= 11 is 0. The second-order valence-corrected chi connectivity index (χ2v) is 12.8. The summed E-state index contributed by atoms with van der Waals surface area (Å²) in [4.78, 5) is 29.7. The van der Waals surface area contributed by atoms with Crippen LogP contribution < -0.4 is 9.62 Å². The van der Waals surface area contributed by atoms with Crippen molar-refractivity contribution in [3.05, 3.63) is 131 Å². The first-order chi connectivity index (χ1) is 20.6. The molecule has 4 rings (SSSR count). The summed E-state index contributed by atoms with van der Waals surface area (Å²) in [6.07, 6.45) is 0.271. The second-order valence-electron chi connectivity index (χ2n) is 11.0. The monoisotopic (exact) mass is 597 g/mol. The molecule has 0 unspecified atom stereocenters. The number of para-hydroxylation sites is 1. The van der Waals surface area contributed by atoms with E-state index in [1.54, 1.807) is 36.4 Å². The molecule has 224 valence electrons. The summed E-state index contributed by atoms with van der Waals surface area (Å²) < 4.78 is 29.4. The fraction of sp³-hybridized carbons (Fsp3) is 0.257. The standard InChI is InChI=1S/C35H39N3O4S/c1-26(2)36-35(40)33(23-29-14-7-5-8-15-29)37(24-30-16-9-6-10-17-30)34(39)25-38(32-18-12-11-13-28(32)4)43(41,42)31-21-19-27(3)20-22-31/h5-22,26,33H,23-25H2,1-4H3,(H,36,40)/t33-/m1/s1. The molecule has 7 nitrogen and oxygen atoms in total. The maximum atomic E-state index is 14.4. The molecule has 0 bridgehead atoms. The largest absolute Gasteiger partial charge is 0.352 e. The van der Waals surface area contributed by atoms with Gasteiger partial charge in [0.05, 0.1) is 10.6 Å². The van der Waals surface area contributed by atoms with Crippen molar-refractivity contribution in [1.29, 1.82) is 0 Å². The van der Waals surface area contributed by atoms with Crippen molar-refractivity contribution < 1.29 is 18.0 Å². The third-order valence-corrected chi connectivity index (χ3v) is 8.94. The maximum Gasteiger partial charge on any atom is 0.264 e. The first-order valence-electron chi connectivity index (χ1n) is 14.4. The fourth-order valence-electron chi connectivity index (χ4n) is 4.91. The molecule has 2 amide bonds. The zero-order chi connectivity index (χ0) is 31.0. The Bertz CT molecular complexity index is 1620. The Balaban J connectivity index is 1.80. The molecular formula is C35H39N3O4S. The summed E-state index contributed by atoms with van der Waals surface area (Å²) in [6, 6.07) is 31.6. The average molecular weight is 598 g/mol. The Labute approximate surface area is 255 Å². The molecule has 0 fully saturated rings. The lowest BCUT2D eigenvalue weighted by Gasteiger charge is -2.34. The zero-order valence-corrected chi connectivity index (χ0v) is 25.9. The lowest BCUT2D eigenvalue weighted by molar-refractivity contribution is -0.140. The van der Waals surface area contributed by atoms with Gasteiger partial charge in [-0.2, -0.15) is 0 Å². The molecule has 0 saturated heterocycles. The highest BCUT2D eigenvalue weighted by atomic mass is 32.2. The van der Waals surface area contributed by atoms with E-state index in [1.807, 2.05) is 100 Å². The molecule has 8 heteroatoms. The number of sulfonamides is 1. The Morgan fingerprint density at radius 1 is 0.744 bits per heavy atom. The highest BCUT2D eigenvalue weighted by Gasteiger charge is 2.35. The number of nitrogens with zero attached hydrogens (tertiary/aromatic N) is 2. The quantitative estimate of drug-likeness (QED) is 0.228. The van der Waals surface area contributed by atoms with E-state index >= 15 is 0 Å². The fourth-order valence-corrected chi connectivity index (χ4v) is 6.39. The van der Waals surface area contributed by atoms with Gasteiger partial charge in [-0.3, -0.25) is 13.9 Å². The average Bonchev–Trinajstić information content (AvgIpc) is 2.99. The number of benzene rings is 4. The van der Waals surface area contributed by atoms with Gasteiger partial charge in [0.1, 0.15) is 12.6 Å². The third-order valence-electron chi connectivity index (χ3n) is 7.17. The molecule has 0 aromatic heterocycles. The SMILES string of the molecule is Cc1ccc(S(=O)(=O)N(CC(=O)N(Cc2ccccc2)[C@H](Cc2ccccc2)C(=O)NC(C)C)c2ccccc2C)cc1. The zero-order valence-electron chi connectivity index (χ0n) is 25.1. The van der Waals surface area contributed by atoms with Crippen LogP contribution in [0.25, 0.3) is 0 Å². The van der Waals surface area contributed by atoms with Crippen LogP contribution in [0.3, 0.4) is 0 Å². The van der Waals surface area contributed by atoms with E-state index in [4.69, 9.17) is 0 Å². The second kappa shape index (κ2) is 14.2. The van der Waals surface area contributed by atoms with Gasteiger partial charge in [0.15, 0.2) is 0 Å². The van der Waals surface area contributed by atoms with Gasteiger partial charge < -0.3 is 10.2 Å². The number of hydrogen-bond acceptors (Lipinski definition) is 4. The molecular weight excluding hydrogens is 558 g/mol. The summed E-state index contributed by atoms with van der Waals surface area (Å²) in [5, 5.41) is 2.98.